The molecule has 0 atom stereocenters. The lowest BCUT2D eigenvalue weighted by molar-refractivity contribution is -0.128. The van der Waals surface area contributed by atoms with Gasteiger partial charge in [-0.15, -0.1) is 0 Å². The zero-order chi connectivity index (χ0) is 14.2. The van der Waals surface area contributed by atoms with Crippen LogP contribution in [0.3, 0.4) is 0 Å². The highest BCUT2D eigenvalue weighted by Crippen LogP contribution is 2.33. The Kier molecular flexibility index (Phi) is 3.25. The van der Waals surface area contributed by atoms with Gasteiger partial charge >= 0.3 is 0 Å². The number of carbonyl (C=O) groups excluding carboxylic acids is 1. The second-order valence-electron chi connectivity index (χ2n) is 4.86. The first-order chi connectivity index (χ1) is 9.58. The number of benzene rings is 1. The number of sulfone groups is 1. The van der Waals surface area contributed by atoms with Crippen molar-refractivity contribution in [1.29, 1.82) is 0 Å². The minimum absolute atomic E-state index is 0.141. The topological polar surface area (TPSA) is 63.7 Å². The van der Waals surface area contributed by atoms with Crippen molar-refractivity contribution in [3.63, 3.8) is 0 Å². The highest BCUT2D eigenvalue weighted by Gasteiger charge is 2.28. The minimum Gasteiger partial charge on any atom is -0.490 e. The fourth-order valence-electron chi connectivity index (χ4n) is 2.50. The molecule has 1 fully saturated rings. The molecule has 20 heavy (non-hydrogen) atoms. The zero-order valence-corrected chi connectivity index (χ0v) is 11.7. The lowest BCUT2D eigenvalue weighted by Crippen LogP contribution is -2.28. The molecule has 1 saturated heterocycles. The highest BCUT2D eigenvalue weighted by atomic mass is 32.2. The number of amides is 1. The van der Waals surface area contributed by atoms with Crippen LogP contribution in [0.15, 0.2) is 34.6 Å². The molecule has 0 saturated carbocycles. The molecule has 5 nitrogen and oxygen atoms in total. The normalized spacial score (nSPS) is 19.9. The number of carbonyl (C=O) groups is 1. The summed E-state index contributed by atoms with van der Waals surface area (Å²) < 4.78 is 29.4. The van der Waals surface area contributed by atoms with Gasteiger partial charge in [-0.2, -0.15) is 0 Å². The van der Waals surface area contributed by atoms with Crippen LogP contribution >= 0.6 is 0 Å². The van der Waals surface area contributed by atoms with Crippen molar-refractivity contribution in [3.05, 3.63) is 35.2 Å². The number of nitrogens with zero attached hydrogens (tertiary/aromatic N) is 1. The zero-order valence-electron chi connectivity index (χ0n) is 10.9. The summed E-state index contributed by atoms with van der Waals surface area (Å²) in [6, 6.07) is 6.77. The number of hydrogen-bond donors (Lipinski definition) is 0. The predicted molar refractivity (Wildman–Crippen MR) is 73.4 cm³/mol. The van der Waals surface area contributed by atoms with Crippen molar-refractivity contribution >= 4 is 21.5 Å². The molecule has 2 heterocycles. The predicted octanol–water partition coefficient (Wildman–Crippen LogP) is 1.41. The van der Waals surface area contributed by atoms with Gasteiger partial charge in [-0.1, -0.05) is 12.1 Å². The van der Waals surface area contributed by atoms with E-state index in [9.17, 15) is 13.2 Å². The molecule has 0 unspecified atom stereocenters. The molecule has 0 spiro atoms. The molecular weight excluding hydrogens is 278 g/mol. The Hall–Kier alpha value is -1.82. The third-order valence-corrected chi connectivity index (χ3v) is 5.00. The Labute approximate surface area is 117 Å². The molecule has 2 aliphatic heterocycles. The van der Waals surface area contributed by atoms with Crippen LogP contribution in [0.4, 0.5) is 0 Å². The quantitative estimate of drug-likeness (QED) is 0.842. The molecule has 3 rings (SSSR count). The van der Waals surface area contributed by atoms with Gasteiger partial charge < -0.3 is 9.64 Å². The van der Waals surface area contributed by atoms with Gasteiger partial charge in [-0.05, 0) is 18.6 Å². The summed E-state index contributed by atoms with van der Waals surface area (Å²) in [4.78, 5) is 13.5. The second-order valence-corrected chi connectivity index (χ2v) is 6.62. The average Bonchev–Trinajstić information content (AvgIpc) is 2.93. The lowest BCUT2D eigenvalue weighted by atomic mass is 10.2. The van der Waals surface area contributed by atoms with Crippen LogP contribution in [0.2, 0.25) is 0 Å². The first-order valence-electron chi connectivity index (χ1n) is 6.55. The summed E-state index contributed by atoms with van der Waals surface area (Å²) in [5.74, 6) is 0.509. The van der Waals surface area contributed by atoms with Gasteiger partial charge in [0.25, 0.3) is 0 Å². The number of hydrogen-bond acceptors (Lipinski definition) is 4. The Morgan fingerprint density at radius 3 is 2.80 bits per heavy atom. The molecule has 106 valence electrons. The molecule has 1 aromatic carbocycles. The van der Waals surface area contributed by atoms with Gasteiger partial charge in [-0.3, -0.25) is 4.79 Å². The molecule has 2 aliphatic rings. The summed E-state index contributed by atoms with van der Waals surface area (Å²) in [5.41, 5.74) is 0.597. The number of likely N-dealkylation sites (tertiary alicyclic amines) is 1. The number of ether oxygens (including phenoxy) is 1. The summed E-state index contributed by atoms with van der Waals surface area (Å²) >= 11 is 0. The molecule has 1 aromatic rings. The maximum absolute atomic E-state index is 11.9. The van der Waals surface area contributed by atoms with E-state index in [1.165, 1.54) is 0 Å². The van der Waals surface area contributed by atoms with Crippen molar-refractivity contribution < 1.29 is 17.9 Å². The fraction of sp³-hybridized carbons (Fsp3) is 0.357. The maximum atomic E-state index is 11.9. The van der Waals surface area contributed by atoms with Crippen molar-refractivity contribution in [2.24, 2.45) is 0 Å². The molecule has 0 aromatic heterocycles. The fourth-order valence-corrected chi connectivity index (χ4v) is 3.85. The Balaban J connectivity index is 1.68. The monoisotopic (exact) mass is 293 g/mol. The van der Waals surface area contributed by atoms with Crippen LogP contribution in [-0.4, -0.2) is 38.9 Å². The van der Waals surface area contributed by atoms with E-state index in [1.54, 1.807) is 29.2 Å². The van der Waals surface area contributed by atoms with E-state index >= 15 is 0 Å². The first kappa shape index (κ1) is 13.2. The standard InChI is InChI=1S/C14H15NO4S/c16-14-6-3-7-15(14)8-9-19-12-10-20(17,18)13-5-2-1-4-11(12)13/h1-2,4-5,10H,3,6-9H2. The highest BCUT2D eigenvalue weighted by molar-refractivity contribution is 7.94. The molecule has 0 aliphatic carbocycles. The summed E-state index contributed by atoms with van der Waals surface area (Å²) in [7, 11) is -3.38. The largest absolute Gasteiger partial charge is 0.490 e. The first-order valence-corrected chi connectivity index (χ1v) is 8.09. The van der Waals surface area contributed by atoms with E-state index in [0.29, 0.717) is 30.9 Å². The SMILES string of the molecule is O=C1CCCN1CCOC1=CS(=O)(=O)c2ccccc21. The van der Waals surface area contributed by atoms with Gasteiger partial charge in [0.05, 0.1) is 16.8 Å². The second kappa shape index (κ2) is 4.94. The lowest BCUT2D eigenvalue weighted by Gasteiger charge is -2.16. The third kappa shape index (κ3) is 2.31. The maximum Gasteiger partial charge on any atom is 0.222 e. The third-order valence-electron chi connectivity index (χ3n) is 3.51. The van der Waals surface area contributed by atoms with E-state index < -0.39 is 9.84 Å². The molecule has 0 N–H and O–H groups in total. The smallest absolute Gasteiger partial charge is 0.222 e. The van der Waals surface area contributed by atoms with Gasteiger partial charge in [0, 0.05) is 18.5 Å². The molecule has 0 radical (unpaired) electrons. The summed E-state index contributed by atoms with van der Waals surface area (Å²) in [6.07, 6.45) is 1.48. The molecule has 0 bridgehead atoms. The summed E-state index contributed by atoms with van der Waals surface area (Å²) in [6.45, 7) is 1.57. The molecular formula is C14H15NO4S. The molecule has 6 heteroatoms. The van der Waals surface area contributed by atoms with Crippen molar-refractivity contribution in [2.75, 3.05) is 19.7 Å². The van der Waals surface area contributed by atoms with Crippen LogP contribution in [0.1, 0.15) is 18.4 Å². The van der Waals surface area contributed by atoms with Crippen LogP contribution in [0.25, 0.3) is 5.76 Å². The van der Waals surface area contributed by atoms with E-state index in [2.05, 4.69) is 0 Å². The van der Waals surface area contributed by atoms with Crippen molar-refractivity contribution in [2.45, 2.75) is 17.7 Å². The van der Waals surface area contributed by atoms with Gasteiger partial charge in [0.15, 0.2) is 0 Å². The van der Waals surface area contributed by atoms with Gasteiger partial charge in [-0.25, -0.2) is 8.42 Å². The van der Waals surface area contributed by atoms with Crippen LogP contribution in [0.5, 0.6) is 0 Å². The van der Waals surface area contributed by atoms with Crippen LogP contribution in [0, 0.1) is 0 Å². The minimum atomic E-state index is -3.38. The molecule has 1 amide bonds. The Bertz CT molecular complexity index is 678. The van der Waals surface area contributed by atoms with Crippen molar-refractivity contribution in [3.8, 4) is 0 Å². The Morgan fingerprint density at radius 1 is 1.25 bits per heavy atom. The van der Waals surface area contributed by atoms with E-state index in [4.69, 9.17) is 4.74 Å². The van der Waals surface area contributed by atoms with E-state index in [1.807, 2.05) is 0 Å². The van der Waals surface area contributed by atoms with Crippen molar-refractivity contribution in [1.82, 2.24) is 4.90 Å². The van der Waals surface area contributed by atoms with Crippen LogP contribution in [-0.2, 0) is 19.4 Å². The van der Waals surface area contributed by atoms with E-state index in [0.717, 1.165) is 18.4 Å². The van der Waals surface area contributed by atoms with E-state index in [-0.39, 0.29) is 10.8 Å². The number of rotatable bonds is 4. The van der Waals surface area contributed by atoms with Crippen LogP contribution < -0.4 is 0 Å². The summed E-state index contributed by atoms with van der Waals surface area (Å²) in [5, 5.41) is 1.16. The van der Waals surface area contributed by atoms with Gasteiger partial charge in [0.2, 0.25) is 15.7 Å². The van der Waals surface area contributed by atoms with Gasteiger partial charge in [0.1, 0.15) is 12.4 Å². The average molecular weight is 293 g/mol. The number of fused-ring (bicyclic) bond motifs is 1. The Morgan fingerprint density at radius 2 is 2.05 bits per heavy atom.